The third kappa shape index (κ3) is 6.38. The second-order valence-corrected chi connectivity index (χ2v) is 3.44. The Labute approximate surface area is 101 Å². The monoisotopic (exact) mass is 244 g/mol. The average Bonchev–Trinajstić information content (AvgIpc) is 2.78. The van der Waals surface area contributed by atoms with E-state index in [1.165, 1.54) is 0 Å². The van der Waals surface area contributed by atoms with Crippen molar-refractivity contribution in [1.29, 1.82) is 0 Å². The third-order valence-electron chi connectivity index (χ3n) is 2.04. The Balaban J connectivity index is 2.14. The van der Waals surface area contributed by atoms with Gasteiger partial charge in [-0.05, 0) is 0 Å². The molecule has 0 radical (unpaired) electrons. The fourth-order valence-corrected chi connectivity index (χ4v) is 1.18. The number of methoxy groups -OCH3 is 2. The summed E-state index contributed by atoms with van der Waals surface area (Å²) in [6.45, 7) is 3.61. The van der Waals surface area contributed by atoms with Gasteiger partial charge in [-0.1, -0.05) is 0 Å². The van der Waals surface area contributed by atoms with E-state index in [1.807, 2.05) is 0 Å². The lowest BCUT2D eigenvalue weighted by Gasteiger charge is -2.01. The molecule has 6 heteroatoms. The number of ether oxygens (including phenoxy) is 3. The van der Waals surface area contributed by atoms with Crippen molar-refractivity contribution in [2.45, 2.75) is 13.2 Å². The van der Waals surface area contributed by atoms with Crippen molar-refractivity contribution in [3.8, 4) is 0 Å². The van der Waals surface area contributed by atoms with Gasteiger partial charge in [-0.3, -0.25) is 0 Å². The minimum atomic E-state index is 0.425. The van der Waals surface area contributed by atoms with Gasteiger partial charge in [-0.25, -0.2) is 4.98 Å². The minimum absolute atomic E-state index is 0.425. The minimum Gasteiger partial charge on any atom is -0.442 e. The fraction of sp³-hybridized carbons (Fsp3) is 0.727. The molecule has 0 fully saturated rings. The van der Waals surface area contributed by atoms with Gasteiger partial charge in [0.15, 0.2) is 0 Å². The summed E-state index contributed by atoms with van der Waals surface area (Å²) in [6, 6.07) is 0. The fourth-order valence-electron chi connectivity index (χ4n) is 1.18. The molecule has 0 bridgehead atoms. The lowest BCUT2D eigenvalue weighted by molar-refractivity contribution is 0.0533. The van der Waals surface area contributed by atoms with Crippen LogP contribution in [0.25, 0.3) is 0 Å². The van der Waals surface area contributed by atoms with E-state index in [4.69, 9.17) is 18.6 Å². The first-order valence-electron chi connectivity index (χ1n) is 5.56. The van der Waals surface area contributed by atoms with Gasteiger partial charge in [0.05, 0.1) is 32.6 Å². The highest BCUT2D eigenvalue weighted by molar-refractivity contribution is 4.92. The zero-order chi connectivity index (χ0) is 12.3. The molecule has 0 unspecified atom stereocenters. The van der Waals surface area contributed by atoms with Crippen LogP contribution in [0.1, 0.15) is 11.7 Å². The van der Waals surface area contributed by atoms with Gasteiger partial charge in [0.1, 0.15) is 12.4 Å². The highest BCUT2D eigenvalue weighted by Gasteiger charge is 2.03. The van der Waals surface area contributed by atoms with Gasteiger partial charge in [0, 0.05) is 20.8 Å². The number of hydrogen-bond donors (Lipinski definition) is 1. The molecule has 0 aliphatic rings. The van der Waals surface area contributed by atoms with Crippen LogP contribution in [0.5, 0.6) is 0 Å². The van der Waals surface area contributed by atoms with Gasteiger partial charge in [-0.15, -0.1) is 0 Å². The Morgan fingerprint density at radius 3 is 2.82 bits per heavy atom. The zero-order valence-electron chi connectivity index (χ0n) is 10.4. The number of nitrogens with zero attached hydrogens (tertiary/aromatic N) is 1. The second kappa shape index (κ2) is 9.12. The molecule has 0 aromatic carbocycles. The van der Waals surface area contributed by atoms with E-state index in [9.17, 15) is 0 Å². The summed E-state index contributed by atoms with van der Waals surface area (Å²) in [7, 11) is 3.31. The highest BCUT2D eigenvalue weighted by atomic mass is 16.5. The van der Waals surface area contributed by atoms with Crippen molar-refractivity contribution in [3.63, 3.8) is 0 Å². The zero-order valence-corrected chi connectivity index (χ0v) is 10.4. The van der Waals surface area contributed by atoms with Crippen LogP contribution >= 0.6 is 0 Å². The SMILES string of the molecule is COCCNCc1ncc(COCCOC)o1. The molecule has 1 aromatic rings. The van der Waals surface area contributed by atoms with Crippen LogP contribution in [-0.2, 0) is 27.4 Å². The lowest BCUT2D eigenvalue weighted by atomic mass is 10.5. The van der Waals surface area contributed by atoms with Gasteiger partial charge in [0.25, 0.3) is 0 Å². The van der Waals surface area contributed by atoms with E-state index >= 15 is 0 Å². The van der Waals surface area contributed by atoms with Gasteiger partial charge >= 0.3 is 0 Å². The number of nitrogens with one attached hydrogen (secondary N) is 1. The van der Waals surface area contributed by atoms with Crippen LogP contribution in [0.4, 0.5) is 0 Å². The molecule has 98 valence electrons. The first-order valence-corrected chi connectivity index (χ1v) is 5.56. The molecule has 0 saturated heterocycles. The third-order valence-corrected chi connectivity index (χ3v) is 2.04. The number of rotatable bonds is 10. The van der Waals surface area contributed by atoms with Crippen molar-refractivity contribution in [2.75, 3.05) is 40.6 Å². The van der Waals surface area contributed by atoms with Crippen LogP contribution in [-0.4, -0.2) is 45.6 Å². The first-order chi connectivity index (χ1) is 8.36. The van der Waals surface area contributed by atoms with E-state index in [0.717, 1.165) is 12.3 Å². The molecule has 1 aromatic heterocycles. The molecule has 0 spiro atoms. The maximum atomic E-state index is 5.46. The van der Waals surface area contributed by atoms with Gasteiger partial charge in [0.2, 0.25) is 5.89 Å². The normalized spacial score (nSPS) is 10.9. The Morgan fingerprint density at radius 2 is 2.06 bits per heavy atom. The van der Waals surface area contributed by atoms with E-state index in [-0.39, 0.29) is 0 Å². The van der Waals surface area contributed by atoms with Crippen LogP contribution in [0, 0.1) is 0 Å². The van der Waals surface area contributed by atoms with E-state index in [1.54, 1.807) is 20.4 Å². The topological polar surface area (TPSA) is 65.8 Å². The summed E-state index contributed by atoms with van der Waals surface area (Å²) in [5.41, 5.74) is 0. The molecular formula is C11H20N2O4. The summed E-state index contributed by atoms with van der Waals surface area (Å²) in [5.74, 6) is 1.39. The molecule has 0 amide bonds. The predicted molar refractivity (Wildman–Crippen MR) is 61.6 cm³/mol. The summed E-state index contributed by atoms with van der Waals surface area (Å²) in [5, 5.41) is 3.15. The molecule has 1 rings (SSSR count). The molecule has 17 heavy (non-hydrogen) atoms. The maximum Gasteiger partial charge on any atom is 0.208 e. The van der Waals surface area contributed by atoms with Gasteiger partial charge < -0.3 is 23.9 Å². The number of hydrogen-bond acceptors (Lipinski definition) is 6. The van der Waals surface area contributed by atoms with Crippen LogP contribution in [0.3, 0.4) is 0 Å². The Morgan fingerprint density at radius 1 is 1.24 bits per heavy atom. The molecule has 0 aliphatic carbocycles. The number of aromatic nitrogens is 1. The standard InChI is InChI=1S/C11H20N2O4/c1-14-4-3-12-8-11-13-7-10(17-11)9-16-6-5-15-2/h7,12H,3-6,8-9H2,1-2H3. The summed E-state index contributed by atoms with van der Waals surface area (Å²) in [4.78, 5) is 4.13. The smallest absolute Gasteiger partial charge is 0.208 e. The summed E-state index contributed by atoms with van der Waals surface area (Å²) >= 11 is 0. The largest absolute Gasteiger partial charge is 0.442 e. The van der Waals surface area contributed by atoms with Crippen LogP contribution in [0.15, 0.2) is 10.6 Å². The van der Waals surface area contributed by atoms with Crippen molar-refractivity contribution in [1.82, 2.24) is 10.3 Å². The van der Waals surface area contributed by atoms with Crippen molar-refractivity contribution >= 4 is 0 Å². The summed E-state index contributed by atoms with van der Waals surface area (Å²) in [6.07, 6.45) is 1.68. The molecule has 1 N–H and O–H groups in total. The van der Waals surface area contributed by atoms with Crippen LogP contribution in [0.2, 0.25) is 0 Å². The highest BCUT2D eigenvalue weighted by Crippen LogP contribution is 2.04. The summed E-state index contributed by atoms with van der Waals surface area (Å²) < 4.78 is 20.6. The molecule has 0 atom stereocenters. The molecule has 0 saturated carbocycles. The second-order valence-electron chi connectivity index (χ2n) is 3.44. The molecular weight excluding hydrogens is 224 g/mol. The molecule has 6 nitrogen and oxygen atoms in total. The van der Waals surface area contributed by atoms with Crippen LogP contribution < -0.4 is 5.32 Å². The van der Waals surface area contributed by atoms with E-state index < -0.39 is 0 Å². The average molecular weight is 244 g/mol. The van der Waals surface area contributed by atoms with Crippen molar-refractivity contribution in [3.05, 3.63) is 17.8 Å². The quantitative estimate of drug-likeness (QED) is 0.607. The Hall–Kier alpha value is -0.950. The van der Waals surface area contributed by atoms with Gasteiger partial charge in [-0.2, -0.15) is 0 Å². The Kier molecular flexibility index (Phi) is 7.57. The van der Waals surface area contributed by atoms with Crippen molar-refractivity contribution < 1.29 is 18.6 Å². The van der Waals surface area contributed by atoms with Crippen molar-refractivity contribution in [2.24, 2.45) is 0 Å². The maximum absolute atomic E-state index is 5.46. The van der Waals surface area contributed by atoms with E-state index in [0.29, 0.717) is 38.9 Å². The molecule has 0 aliphatic heterocycles. The Bertz CT molecular complexity index is 264. The first kappa shape index (κ1) is 14.1. The predicted octanol–water partition coefficient (Wildman–Crippen LogP) is 0.574. The van der Waals surface area contributed by atoms with E-state index in [2.05, 4.69) is 10.3 Å². The lowest BCUT2D eigenvalue weighted by Crippen LogP contribution is -2.18. The number of oxazole rings is 1. The molecule has 1 heterocycles.